The zero-order valence-corrected chi connectivity index (χ0v) is 15.1. The van der Waals surface area contributed by atoms with Gasteiger partial charge in [-0.25, -0.2) is 0 Å². The summed E-state index contributed by atoms with van der Waals surface area (Å²) in [5.74, 6) is -0.537. The SMILES string of the molecule is Cc1ccc2c(oc3nc(F)ccc32)c1N1C=CN(c2ccccc2)C1C. The summed E-state index contributed by atoms with van der Waals surface area (Å²) in [4.78, 5) is 8.30. The molecule has 5 heteroatoms. The third-order valence-corrected chi connectivity index (χ3v) is 5.15. The fourth-order valence-corrected chi connectivity index (χ4v) is 3.79. The molecule has 0 bridgehead atoms. The third kappa shape index (κ3) is 2.39. The van der Waals surface area contributed by atoms with Crippen LogP contribution in [0.2, 0.25) is 0 Å². The Kier molecular flexibility index (Phi) is 3.44. The van der Waals surface area contributed by atoms with E-state index in [1.165, 1.54) is 6.07 Å². The van der Waals surface area contributed by atoms with Crippen LogP contribution in [0.4, 0.5) is 15.8 Å². The molecule has 134 valence electrons. The van der Waals surface area contributed by atoms with Crippen LogP contribution >= 0.6 is 0 Å². The highest BCUT2D eigenvalue weighted by Crippen LogP contribution is 2.40. The lowest BCUT2D eigenvalue weighted by atomic mass is 10.1. The van der Waals surface area contributed by atoms with Crippen LogP contribution in [0.1, 0.15) is 12.5 Å². The minimum Gasteiger partial charge on any atom is -0.435 e. The molecule has 2 aromatic carbocycles. The van der Waals surface area contributed by atoms with E-state index in [9.17, 15) is 4.39 Å². The summed E-state index contributed by atoms with van der Waals surface area (Å²) in [5.41, 5.74) is 4.26. The Hall–Kier alpha value is -3.34. The van der Waals surface area contributed by atoms with Gasteiger partial charge in [-0.2, -0.15) is 9.37 Å². The van der Waals surface area contributed by atoms with Crippen molar-refractivity contribution in [2.24, 2.45) is 0 Å². The number of aryl methyl sites for hydroxylation is 1. The standard InChI is InChI=1S/C22H18FN3O/c1-14-8-9-17-18-10-11-19(23)24-22(18)27-21(17)20(14)26-13-12-25(15(26)2)16-6-4-3-5-7-16/h3-13,15H,1-2H3. The Labute approximate surface area is 156 Å². The summed E-state index contributed by atoms with van der Waals surface area (Å²) in [6, 6.07) is 17.4. The van der Waals surface area contributed by atoms with Crippen LogP contribution in [-0.2, 0) is 0 Å². The van der Waals surface area contributed by atoms with Crippen molar-refractivity contribution >= 4 is 33.4 Å². The Morgan fingerprint density at radius 2 is 1.67 bits per heavy atom. The molecule has 27 heavy (non-hydrogen) atoms. The number of halogens is 1. The molecule has 4 aromatic rings. The summed E-state index contributed by atoms with van der Waals surface area (Å²) in [6.07, 6.45) is 4.20. The second kappa shape index (κ2) is 5.84. The van der Waals surface area contributed by atoms with Gasteiger partial charge in [0.25, 0.3) is 0 Å². The summed E-state index contributed by atoms with van der Waals surface area (Å²) in [7, 11) is 0. The summed E-state index contributed by atoms with van der Waals surface area (Å²) < 4.78 is 19.5. The lowest BCUT2D eigenvalue weighted by molar-refractivity contribution is 0.569. The van der Waals surface area contributed by atoms with Gasteiger partial charge >= 0.3 is 0 Å². The van der Waals surface area contributed by atoms with Gasteiger partial charge in [-0.05, 0) is 43.7 Å². The predicted molar refractivity (Wildman–Crippen MR) is 106 cm³/mol. The molecule has 0 saturated carbocycles. The molecular weight excluding hydrogens is 341 g/mol. The quantitative estimate of drug-likeness (QED) is 0.438. The number of anilines is 2. The Bertz CT molecular complexity index is 1180. The molecule has 1 aliphatic rings. The molecule has 0 saturated heterocycles. The van der Waals surface area contributed by atoms with Crippen molar-refractivity contribution in [3.8, 4) is 0 Å². The van der Waals surface area contributed by atoms with E-state index in [1.54, 1.807) is 6.07 Å². The first-order chi connectivity index (χ1) is 13.1. The molecule has 0 radical (unpaired) electrons. The Balaban J connectivity index is 1.66. The second-order valence-electron chi connectivity index (χ2n) is 6.78. The monoisotopic (exact) mass is 359 g/mol. The van der Waals surface area contributed by atoms with Gasteiger partial charge in [0.05, 0.1) is 5.69 Å². The third-order valence-electron chi connectivity index (χ3n) is 5.15. The van der Waals surface area contributed by atoms with E-state index >= 15 is 0 Å². The normalized spacial score (nSPS) is 16.8. The maximum absolute atomic E-state index is 13.5. The lowest BCUT2D eigenvalue weighted by Gasteiger charge is -2.30. The van der Waals surface area contributed by atoms with Crippen LogP contribution in [0.3, 0.4) is 0 Å². The fourth-order valence-electron chi connectivity index (χ4n) is 3.79. The number of rotatable bonds is 2. The largest absolute Gasteiger partial charge is 0.435 e. The van der Waals surface area contributed by atoms with E-state index in [0.29, 0.717) is 5.71 Å². The van der Waals surface area contributed by atoms with Crippen molar-refractivity contribution in [2.45, 2.75) is 20.0 Å². The average Bonchev–Trinajstić information content (AvgIpc) is 3.22. The van der Waals surface area contributed by atoms with Crippen LogP contribution in [0.15, 0.2) is 71.4 Å². The summed E-state index contributed by atoms with van der Waals surface area (Å²) in [6.45, 7) is 4.20. The number of benzene rings is 2. The highest BCUT2D eigenvalue weighted by Gasteiger charge is 2.28. The van der Waals surface area contributed by atoms with E-state index < -0.39 is 5.95 Å². The molecule has 0 fully saturated rings. The molecule has 2 aromatic heterocycles. The van der Waals surface area contributed by atoms with E-state index in [4.69, 9.17) is 4.42 Å². The number of furan rings is 1. The van der Waals surface area contributed by atoms with Gasteiger partial charge in [0.1, 0.15) is 6.17 Å². The Morgan fingerprint density at radius 3 is 2.48 bits per heavy atom. The summed E-state index contributed by atoms with van der Waals surface area (Å²) >= 11 is 0. The molecular formula is C22H18FN3O. The number of fused-ring (bicyclic) bond motifs is 3. The van der Waals surface area contributed by atoms with Gasteiger partial charge in [-0.1, -0.05) is 30.3 Å². The number of nitrogens with zero attached hydrogens (tertiary/aromatic N) is 3. The van der Waals surface area contributed by atoms with Crippen LogP contribution in [0, 0.1) is 12.9 Å². The number of hydrogen-bond donors (Lipinski definition) is 0. The number of hydrogen-bond acceptors (Lipinski definition) is 4. The molecule has 1 atom stereocenters. The van der Waals surface area contributed by atoms with Crippen molar-refractivity contribution < 1.29 is 8.81 Å². The number of pyridine rings is 1. The second-order valence-corrected chi connectivity index (χ2v) is 6.78. The molecule has 0 amide bonds. The maximum atomic E-state index is 13.5. The number of para-hydroxylation sites is 1. The minimum absolute atomic E-state index is 0.0783. The topological polar surface area (TPSA) is 32.5 Å². The van der Waals surface area contributed by atoms with Crippen LogP contribution in [0.5, 0.6) is 0 Å². The van der Waals surface area contributed by atoms with Crippen LogP contribution in [-0.4, -0.2) is 11.1 Å². The zero-order chi connectivity index (χ0) is 18.5. The van der Waals surface area contributed by atoms with Gasteiger partial charge in [0.2, 0.25) is 11.7 Å². The zero-order valence-electron chi connectivity index (χ0n) is 15.1. The van der Waals surface area contributed by atoms with Crippen molar-refractivity contribution in [3.05, 3.63) is 78.5 Å². The van der Waals surface area contributed by atoms with E-state index in [1.807, 2.05) is 24.3 Å². The van der Waals surface area contributed by atoms with Crippen molar-refractivity contribution in [1.29, 1.82) is 0 Å². The lowest BCUT2D eigenvalue weighted by Crippen LogP contribution is -2.36. The fraction of sp³-hybridized carbons (Fsp3) is 0.136. The molecule has 1 aliphatic heterocycles. The molecule has 0 aliphatic carbocycles. The molecule has 4 nitrogen and oxygen atoms in total. The van der Waals surface area contributed by atoms with Crippen LogP contribution < -0.4 is 9.80 Å². The number of aromatic nitrogens is 1. The first-order valence-corrected chi connectivity index (χ1v) is 8.92. The van der Waals surface area contributed by atoms with Gasteiger partial charge in [-0.15, -0.1) is 0 Å². The molecule has 0 spiro atoms. The average molecular weight is 359 g/mol. The van der Waals surface area contributed by atoms with Gasteiger partial charge < -0.3 is 14.2 Å². The Morgan fingerprint density at radius 1 is 0.926 bits per heavy atom. The molecule has 0 N–H and O–H groups in total. The van der Waals surface area contributed by atoms with Gasteiger partial charge in [0.15, 0.2) is 5.58 Å². The molecule has 1 unspecified atom stereocenters. The van der Waals surface area contributed by atoms with Gasteiger partial charge in [0, 0.05) is 28.9 Å². The predicted octanol–water partition coefficient (Wildman–Crippen LogP) is 5.57. The van der Waals surface area contributed by atoms with E-state index in [2.05, 4.69) is 59.2 Å². The maximum Gasteiger partial charge on any atom is 0.230 e. The van der Waals surface area contributed by atoms with E-state index in [0.717, 1.165) is 33.3 Å². The first-order valence-electron chi connectivity index (χ1n) is 8.92. The highest BCUT2D eigenvalue weighted by atomic mass is 19.1. The van der Waals surface area contributed by atoms with Crippen molar-refractivity contribution in [3.63, 3.8) is 0 Å². The van der Waals surface area contributed by atoms with Crippen molar-refractivity contribution in [1.82, 2.24) is 4.98 Å². The van der Waals surface area contributed by atoms with Crippen LogP contribution in [0.25, 0.3) is 22.1 Å². The molecule has 5 rings (SSSR count). The smallest absolute Gasteiger partial charge is 0.230 e. The molecule has 3 heterocycles. The minimum atomic E-state index is -0.537. The van der Waals surface area contributed by atoms with Crippen molar-refractivity contribution in [2.75, 3.05) is 9.80 Å². The highest BCUT2D eigenvalue weighted by molar-refractivity contribution is 6.08. The van der Waals surface area contributed by atoms with Gasteiger partial charge in [-0.3, -0.25) is 0 Å². The van der Waals surface area contributed by atoms with E-state index in [-0.39, 0.29) is 6.17 Å². The first kappa shape index (κ1) is 15.9. The summed E-state index contributed by atoms with van der Waals surface area (Å²) in [5, 5.41) is 1.76.